The summed E-state index contributed by atoms with van der Waals surface area (Å²) in [7, 11) is 1.53. The normalized spacial score (nSPS) is 13.5. The first kappa shape index (κ1) is 13.9. The summed E-state index contributed by atoms with van der Waals surface area (Å²) in [5, 5.41) is 11.0. The summed E-state index contributed by atoms with van der Waals surface area (Å²) in [6.07, 6.45) is 1.55. The minimum Gasteiger partial charge on any atom is -0.290 e. The number of pyridine rings is 1. The molecule has 1 aromatic rings. The Morgan fingerprint density at radius 1 is 1.65 bits per heavy atom. The van der Waals surface area contributed by atoms with Gasteiger partial charge in [0, 0.05) is 24.1 Å². The highest BCUT2D eigenvalue weighted by Crippen LogP contribution is 2.24. The molecule has 1 rings (SSSR count). The smallest absolute Gasteiger partial charge is 0.241 e. The molecule has 1 aromatic heterocycles. The maximum absolute atomic E-state index is 10.5. The van der Waals surface area contributed by atoms with Crippen molar-refractivity contribution in [2.75, 3.05) is 13.6 Å². The fraction of sp³-hybridized carbons (Fsp3) is 0.400. The van der Waals surface area contributed by atoms with Crippen LogP contribution in [0.4, 0.5) is 0 Å². The van der Waals surface area contributed by atoms with Crippen LogP contribution in [0, 0.1) is 10.1 Å². The van der Waals surface area contributed by atoms with Gasteiger partial charge in [0.05, 0.1) is 10.7 Å². The van der Waals surface area contributed by atoms with Crippen molar-refractivity contribution in [1.82, 2.24) is 4.98 Å². The van der Waals surface area contributed by atoms with Crippen molar-refractivity contribution in [3.05, 3.63) is 38.1 Å². The molecule has 0 radical (unpaired) electrons. The molecule has 1 unspecified atom stereocenters. The van der Waals surface area contributed by atoms with Gasteiger partial charge in [-0.1, -0.05) is 30.1 Å². The first-order valence-electron chi connectivity index (χ1n) is 4.84. The predicted octanol–water partition coefficient (Wildman–Crippen LogP) is 2.84. The Morgan fingerprint density at radius 3 is 2.76 bits per heavy atom. The Kier molecular flexibility index (Phi) is 4.84. The maximum atomic E-state index is 10.5. The zero-order valence-electron chi connectivity index (χ0n) is 9.35. The molecule has 1 heterocycles. The highest BCUT2D eigenvalue weighted by Gasteiger charge is 2.18. The molecular weight excluding hydrogens is 265 g/mol. The van der Waals surface area contributed by atoms with Gasteiger partial charge in [0.25, 0.3) is 0 Å². The number of nitro groups is 1. The van der Waals surface area contributed by atoms with E-state index in [0.717, 1.165) is 5.56 Å². The number of hydrogen-bond acceptors (Lipinski definition) is 4. The molecule has 5 nitrogen and oxygen atoms in total. The molecule has 0 aliphatic heterocycles. The molecule has 0 saturated heterocycles. The van der Waals surface area contributed by atoms with E-state index in [0.29, 0.717) is 10.7 Å². The summed E-state index contributed by atoms with van der Waals surface area (Å²) in [5.74, 6) is -0.215. The maximum Gasteiger partial charge on any atom is 0.241 e. The molecule has 0 bridgehead atoms. The van der Waals surface area contributed by atoms with E-state index in [1.54, 1.807) is 12.3 Å². The van der Waals surface area contributed by atoms with Crippen molar-refractivity contribution < 1.29 is 4.92 Å². The van der Waals surface area contributed by atoms with Crippen LogP contribution in [0.15, 0.2) is 17.3 Å². The van der Waals surface area contributed by atoms with Crippen molar-refractivity contribution in [3.8, 4) is 0 Å². The molecule has 92 valence electrons. The second-order valence-electron chi connectivity index (χ2n) is 3.47. The van der Waals surface area contributed by atoms with Gasteiger partial charge in [-0.05, 0) is 11.6 Å². The van der Waals surface area contributed by atoms with Crippen molar-refractivity contribution in [1.29, 1.82) is 0 Å². The Labute approximate surface area is 109 Å². The highest BCUT2D eigenvalue weighted by molar-refractivity contribution is 6.41. The zero-order chi connectivity index (χ0) is 13.0. The molecular formula is C10H11Cl2N3O2. The van der Waals surface area contributed by atoms with Gasteiger partial charge in [0.1, 0.15) is 5.15 Å². The largest absolute Gasteiger partial charge is 0.290 e. The van der Waals surface area contributed by atoms with E-state index in [2.05, 4.69) is 9.98 Å². The Bertz CT molecular complexity index is 463. The minimum atomic E-state index is -0.413. The van der Waals surface area contributed by atoms with Crippen LogP contribution in [-0.4, -0.2) is 29.2 Å². The fourth-order valence-corrected chi connectivity index (χ4v) is 1.68. The molecule has 0 spiro atoms. The predicted molar refractivity (Wildman–Crippen MR) is 67.9 cm³/mol. The van der Waals surface area contributed by atoms with Crippen LogP contribution >= 0.6 is 23.2 Å². The number of aromatic nitrogens is 1. The van der Waals surface area contributed by atoms with E-state index in [9.17, 15) is 10.1 Å². The van der Waals surface area contributed by atoms with Crippen LogP contribution < -0.4 is 0 Å². The van der Waals surface area contributed by atoms with Crippen molar-refractivity contribution in [2.45, 2.75) is 12.8 Å². The summed E-state index contributed by atoms with van der Waals surface area (Å²) >= 11 is 11.5. The van der Waals surface area contributed by atoms with Gasteiger partial charge < -0.3 is 0 Å². The SMILES string of the molecule is CN=C(C[N+](=O)[O-])C(C)c1cnc(Cl)c(Cl)c1. The summed E-state index contributed by atoms with van der Waals surface area (Å²) in [6.45, 7) is 1.52. The number of aliphatic imine (C=N–C) groups is 1. The molecule has 17 heavy (non-hydrogen) atoms. The van der Waals surface area contributed by atoms with Crippen LogP contribution in [0.5, 0.6) is 0 Å². The van der Waals surface area contributed by atoms with Crippen molar-refractivity contribution in [2.24, 2.45) is 4.99 Å². The molecule has 0 saturated carbocycles. The lowest BCUT2D eigenvalue weighted by Crippen LogP contribution is -2.20. The van der Waals surface area contributed by atoms with Gasteiger partial charge >= 0.3 is 0 Å². The third kappa shape index (κ3) is 3.64. The first-order chi connectivity index (χ1) is 7.95. The average molecular weight is 276 g/mol. The topological polar surface area (TPSA) is 68.4 Å². The summed E-state index contributed by atoms with van der Waals surface area (Å²) in [5.41, 5.74) is 1.22. The molecule has 0 aliphatic carbocycles. The van der Waals surface area contributed by atoms with Crippen LogP contribution in [0.25, 0.3) is 0 Å². The van der Waals surface area contributed by atoms with Gasteiger partial charge in [0.15, 0.2) is 0 Å². The Morgan fingerprint density at radius 2 is 2.29 bits per heavy atom. The third-order valence-electron chi connectivity index (χ3n) is 2.40. The minimum absolute atomic E-state index is 0.215. The Balaban J connectivity index is 2.98. The average Bonchev–Trinajstić information content (AvgIpc) is 2.28. The summed E-state index contributed by atoms with van der Waals surface area (Å²) < 4.78 is 0. The lowest BCUT2D eigenvalue weighted by atomic mass is 9.97. The fourth-order valence-electron chi connectivity index (χ4n) is 1.40. The van der Waals surface area contributed by atoms with E-state index < -0.39 is 4.92 Å². The molecule has 0 fully saturated rings. The second kappa shape index (κ2) is 5.93. The lowest BCUT2D eigenvalue weighted by Gasteiger charge is -2.12. The molecule has 0 aromatic carbocycles. The quantitative estimate of drug-likeness (QED) is 0.367. The van der Waals surface area contributed by atoms with Crippen LogP contribution in [0.3, 0.4) is 0 Å². The Hall–Kier alpha value is -1.20. The van der Waals surface area contributed by atoms with Gasteiger partial charge in [-0.2, -0.15) is 0 Å². The van der Waals surface area contributed by atoms with E-state index in [-0.39, 0.29) is 17.6 Å². The van der Waals surface area contributed by atoms with E-state index in [1.807, 2.05) is 6.92 Å². The van der Waals surface area contributed by atoms with Crippen LogP contribution in [0.2, 0.25) is 10.2 Å². The molecule has 0 amide bonds. The third-order valence-corrected chi connectivity index (χ3v) is 3.08. The molecule has 0 N–H and O–H groups in total. The first-order valence-corrected chi connectivity index (χ1v) is 5.59. The zero-order valence-corrected chi connectivity index (χ0v) is 10.9. The molecule has 0 aliphatic rings. The highest BCUT2D eigenvalue weighted by atomic mass is 35.5. The number of hydrogen-bond donors (Lipinski definition) is 0. The van der Waals surface area contributed by atoms with Gasteiger partial charge in [-0.3, -0.25) is 15.1 Å². The van der Waals surface area contributed by atoms with Gasteiger partial charge in [0.2, 0.25) is 6.54 Å². The van der Waals surface area contributed by atoms with Crippen molar-refractivity contribution >= 4 is 28.9 Å². The number of nitrogens with zero attached hydrogens (tertiary/aromatic N) is 3. The second-order valence-corrected chi connectivity index (χ2v) is 4.23. The number of halogens is 2. The van der Waals surface area contributed by atoms with Crippen LogP contribution in [0.1, 0.15) is 18.4 Å². The van der Waals surface area contributed by atoms with E-state index in [1.165, 1.54) is 7.05 Å². The van der Waals surface area contributed by atoms with E-state index >= 15 is 0 Å². The summed E-state index contributed by atoms with van der Waals surface area (Å²) in [6, 6.07) is 1.65. The van der Waals surface area contributed by atoms with Gasteiger partial charge in [-0.15, -0.1) is 0 Å². The van der Waals surface area contributed by atoms with E-state index in [4.69, 9.17) is 23.2 Å². The number of rotatable bonds is 4. The summed E-state index contributed by atoms with van der Waals surface area (Å²) in [4.78, 5) is 17.9. The van der Waals surface area contributed by atoms with Crippen molar-refractivity contribution in [3.63, 3.8) is 0 Å². The molecule has 7 heteroatoms. The standard InChI is InChI=1S/C10H11Cl2N3O2/c1-6(9(13-2)5-15(16)17)7-3-8(11)10(12)14-4-7/h3-4,6H,5H2,1-2H3. The molecule has 1 atom stereocenters. The van der Waals surface area contributed by atoms with Crippen LogP contribution in [-0.2, 0) is 0 Å². The lowest BCUT2D eigenvalue weighted by molar-refractivity contribution is -0.463. The van der Waals surface area contributed by atoms with Gasteiger partial charge in [-0.25, -0.2) is 4.98 Å². The monoisotopic (exact) mass is 275 g/mol.